The summed E-state index contributed by atoms with van der Waals surface area (Å²) >= 11 is 6.09. The average Bonchev–Trinajstić information content (AvgIpc) is 2.99. The normalized spacial score (nSPS) is 22.0. The molecule has 1 aromatic carbocycles. The molecule has 2 fully saturated rings. The van der Waals surface area contributed by atoms with Crippen LogP contribution in [0.3, 0.4) is 0 Å². The third-order valence-corrected chi connectivity index (χ3v) is 5.14. The molecule has 2 saturated heterocycles. The minimum Gasteiger partial charge on any atom is -0.548 e. The van der Waals surface area contributed by atoms with Crippen LogP contribution in [0.2, 0.25) is 0 Å². The minimum absolute atomic E-state index is 0.0878. The zero-order valence-corrected chi connectivity index (χ0v) is 14.6. The fraction of sp³-hybridized carbons (Fsp3) is 0.188. The maximum Gasteiger partial charge on any atom is 0.266 e. The number of hydrogen-bond donors (Lipinski definition) is 0. The number of halogens is 1. The van der Waals surface area contributed by atoms with Gasteiger partial charge in [0.25, 0.3) is 11.8 Å². The van der Waals surface area contributed by atoms with Gasteiger partial charge in [-0.05, 0) is 23.8 Å². The van der Waals surface area contributed by atoms with Crippen LogP contribution in [-0.2, 0) is 19.2 Å². The molecule has 0 bridgehead atoms. The number of aliphatic carboxylic acids is 1. The molecule has 10 heteroatoms. The highest BCUT2D eigenvalue weighted by Crippen LogP contribution is 2.36. The Morgan fingerprint density at radius 1 is 1.31 bits per heavy atom. The van der Waals surface area contributed by atoms with Crippen molar-refractivity contribution in [3.05, 3.63) is 40.6 Å². The Morgan fingerprint density at radius 2 is 1.96 bits per heavy atom. The van der Waals surface area contributed by atoms with E-state index in [0.717, 1.165) is 16.7 Å². The molecular formula is C16H10FN2O5S2-. The van der Waals surface area contributed by atoms with Crippen LogP contribution in [0.15, 0.2) is 29.2 Å². The average molecular weight is 393 g/mol. The van der Waals surface area contributed by atoms with E-state index < -0.39 is 42.1 Å². The van der Waals surface area contributed by atoms with Crippen LogP contribution >= 0.6 is 24.0 Å². The molecule has 1 atom stereocenters. The van der Waals surface area contributed by atoms with E-state index >= 15 is 0 Å². The smallest absolute Gasteiger partial charge is 0.266 e. The fourth-order valence-electron chi connectivity index (χ4n) is 2.62. The van der Waals surface area contributed by atoms with E-state index in [4.69, 9.17) is 12.2 Å². The van der Waals surface area contributed by atoms with Gasteiger partial charge >= 0.3 is 0 Å². The van der Waals surface area contributed by atoms with Crippen molar-refractivity contribution >= 4 is 58.1 Å². The van der Waals surface area contributed by atoms with Crippen molar-refractivity contribution in [2.75, 3.05) is 6.54 Å². The number of carboxylic acid groups (broad SMARTS) is 1. The summed E-state index contributed by atoms with van der Waals surface area (Å²) in [4.78, 5) is 49.3. The first-order valence-electron chi connectivity index (χ1n) is 7.34. The molecule has 0 spiro atoms. The molecular weight excluding hydrogens is 383 g/mol. The largest absolute Gasteiger partial charge is 0.548 e. The van der Waals surface area contributed by atoms with Crippen LogP contribution in [0.1, 0.15) is 12.0 Å². The molecule has 0 saturated carbocycles. The molecule has 7 nitrogen and oxygen atoms in total. The molecule has 0 radical (unpaired) electrons. The molecule has 0 aromatic heterocycles. The summed E-state index contributed by atoms with van der Waals surface area (Å²) in [5, 5.41) is 10.7. The predicted molar refractivity (Wildman–Crippen MR) is 91.5 cm³/mol. The molecule has 2 heterocycles. The van der Waals surface area contributed by atoms with Gasteiger partial charge in [0.1, 0.15) is 16.2 Å². The quantitative estimate of drug-likeness (QED) is 0.400. The second-order valence-electron chi connectivity index (χ2n) is 5.51. The van der Waals surface area contributed by atoms with Gasteiger partial charge in [-0.1, -0.05) is 36.1 Å². The molecule has 134 valence electrons. The lowest BCUT2D eigenvalue weighted by molar-refractivity contribution is -0.305. The van der Waals surface area contributed by atoms with Crippen LogP contribution in [0.5, 0.6) is 0 Å². The first kappa shape index (κ1) is 18.2. The Labute approximate surface area is 156 Å². The Hall–Kier alpha value is -2.59. The Kier molecular flexibility index (Phi) is 4.88. The second kappa shape index (κ2) is 6.96. The molecule has 0 N–H and O–H groups in total. The van der Waals surface area contributed by atoms with E-state index in [1.165, 1.54) is 30.3 Å². The number of imide groups is 1. The number of carbonyl (C=O) groups is 4. The fourth-order valence-corrected chi connectivity index (χ4v) is 3.98. The first-order valence-corrected chi connectivity index (χ1v) is 8.57. The number of hydrogen-bond acceptors (Lipinski definition) is 7. The van der Waals surface area contributed by atoms with E-state index in [9.17, 15) is 28.7 Å². The summed E-state index contributed by atoms with van der Waals surface area (Å²) < 4.78 is 13.1. The maximum absolute atomic E-state index is 13.0. The number of carboxylic acids is 1. The van der Waals surface area contributed by atoms with Crippen LogP contribution in [0.4, 0.5) is 4.39 Å². The van der Waals surface area contributed by atoms with E-state index in [-0.39, 0.29) is 15.6 Å². The molecule has 3 rings (SSSR count). The minimum atomic E-state index is -1.58. The van der Waals surface area contributed by atoms with Gasteiger partial charge in [-0.3, -0.25) is 24.2 Å². The lowest BCUT2D eigenvalue weighted by Crippen LogP contribution is -2.46. The van der Waals surface area contributed by atoms with Gasteiger partial charge in [0.15, 0.2) is 0 Å². The number of rotatable bonds is 4. The van der Waals surface area contributed by atoms with Gasteiger partial charge in [-0.15, -0.1) is 0 Å². The number of carbonyl (C=O) groups excluding carboxylic acids is 4. The Morgan fingerprint density at radius 3 is 2.58 bits per heavy atom. The summed E-state index contributed by atoms with van der Waals surface area (Å²) in [7, 11) is 0. The highest BCUT2D eigenvalue weighted by Gasteiger charge is 2.48. The van der Waals surface area contributed by atoms with Crippen LogP contribution < -0.4 is 5.11 Å². The summed E-state index contributed by atoms with van der Waals surface area (Å²) in [5.41, 5.74) is 0.569. The van der Waals surface area contributed by atoms with Gasteiger partial charge in [-0.2, -0.15) is 0 Å². The molecule has 0 aliphatic carbocycles. The SMILES string of the molecule is O=C([O-])CN1C(=O)C[C@H](N2C(=O)/C(=C\c3ccc(F)cc3)SC2=S)C1=O. The lowest BCUT2D eigenvalue weighted by atomic mass is 10.2. The zero-order valence-electron chi connectivity index (χ0n) is 13.0. The van der Waals surface area contributed by atoms with Crippen molar-refractivity contribution in [3.63, 3.8) is 0 Å². The highest BCUT2D eigenvalue weighted by molar-refractivity contribution is 8.26. The van der Waals surface area contributed by atoms with Crippen LogP contribution in [0, 0.1) is 5.82 Å². The zero-order chi connectivity index (χ0) is 19.0. The van der Waals surface area contributed by atoms with Gasteiger partial charge in [0.2, 0.25) is 5.91 Å². The molecule has 2 aliphatic heterocycles. The number of thioether (sulfide) groups is 1. The van der Waals surface area contributed by atoms with E-state index in [1.54, 1.807) is 0 Å². The first-order chi connectivity index (χ1) is 12.3. The van der Waals surface area contributed by atoms with E-state index in [2.05, 4.69) is 0 Å². The molecule has 3 amide bonds. The van der Waals surface area contributed by atoms with Crippen molar-refractivity contribution in [1.29, 1.82) is 0 Å². The summed E-state index contributed by atoms with van der Waals surface area (Å²) in [6, 6.07) is 4.27. The van der Waals surface area contributed by atoms with Crippen molar-refractivity contribution in [1.82, 2.24) is 9.80 Å². The number of benzene rings is 1. The number of likely N-dealkylation sites (tertiary alicyclic amines) is 1. The number of nitrogens with zero attached hydrogens (tertiary/aromatic N) is 2. The van der Waals surface area contributed by atoms with E-state index in [1.807, 2.05) is 0 Å². The summed E-state index contributed by atoms with van der Waals surface area (Å²) in [6.07, 6.45) is 1.15. The Balaban J connectivity index is 1.83. The maximum atomic E-state index is 13.0. The van der Waals surface area contributed by atoms with Gasteiger partial charge in [0, 0.05) is 0 Å². The number of amides is 3. The summed E-state index contributed by atoms with van der Waals surface area (Å²) in [5.74, 6) is -4.07. The topological polar surface area (TPSA) is 97.8 Å². The van der Waals surface area contributed by atoms with Gasteiger partial charge < -0.3 is 9.90 Å². The van der Waals surface area contributed by atoms with Gasteiger partial charge in [0.05, 0.1) is 23.8 Å². The second-order valence-corrected chi connectivity index (χ2v) is 7.19. The third kappa shape index (κ3) is 3.37. The Bertz CT molecular complexity index is 868. The predicted octanol–water partition coefficient (Wildman–Crippen LogP) is -0.0957. The summed E-state index contributed by atoms with van der Waals surface area (Å²) in [6.45, 7) is -0.867. The monoisotopic (exact) mass is 393 g/mol. The highest BCUT2D eigenvalue weighted by atomic mass is 32.2. The van der Waals surface area contributed by atoms with Crippen molar-refractivity contribution < 1.29 is 28.7 Å². The van der Waals surface area contributed by atoms with Crippen LogP contribution in [-0.4, -0.2) is 50.4 Å². The van der Waals surface area contributed by atoms with Gasteiger partial charge in [-0.25, -0.2) is 4.39 Å². The molecule has 1 aromatic rings. The van der Waals surface area contributed by atoms with Crippen molar-refractivity contribution in [3.8, 4) is 0 Å². The van der Waals surface area contributed by atoms with Crippen molar-refractivity contribution in [2.24, 2.45) is 0 Å². The number of thiocarbonyl (C=S) groups is 1. The molecule has 2 aliphatic rings. The molecule has 0 unspecified atom stereocenters. The molecule has 26 heavy (non-hydrogen) atoms. The lowest BCUT2D eigenvalue weighted by Gasteiger charge is -2.21. The van der Waals surface area contributed by atoms with Crippen LogP contribution in [0.25, 0.3) is 6.08 Å². The standard InChI is InChI=1S/C16H11FN2O5S2/c17-9-3-1-8(2-4-9)5-11-15(24)19(16(25)26-11)10-6-12(20)18(14(10)23)7-13(21)22/h1-5,10H,6-7H2,(H,21,22)/p-1/b11-5+/t10-/m0/s1. The van der Waals surface area contributed by atoms with E-state index in [0.29, 0.717) is 10.5 Å². The van der Waals surface area contributed by atoms with Crippen molar-refractivity contribution in [2.45, 2.75) is 12.5 Å². The third-order valence-electron chi connectivity index (χ3n) is 3.81.